The van der Waals surface area contributed by atoms with Crippen LogP contribution in [0.15, 0.2) is 42.5 Å². The zero-order valence-electron chi connectivity index (χ0n) is 10.5. The molecule has 17 heavy (non-hydrogen) atoms. The summed E-state index contributed by atoms with van der Waals surface area (Å²) in [6.07, 6.45) is 0. The maximum atomic E-state index is 6.07. The fourth-order valence-corrected chi connectivity index (χ4v) is 2.14. The Morgan fingerprint density at radius 2 is 1.76 bits per heavy atom. The Labute approximate surface area is 108 Å². The molecule has 2 rings (SSSR count). The van der Waals surface area contributed by atoms with Gasteiger partial charge in [0.05, 0.1) is 0 Å². The molecule has 0 aliphatic rings. The summed E-state index contributed by atoms with van der Waals surface area (Å²) in [5.74, 6) is 0.550. The van der Waals surface area contributed by atoms with Gasteiger partial charge in [-0.05, 0) is 47.2 Å². The lowest BCUT2D eigenvalue weighted by atomic mass is 9.95. The molecule has 0 N–H and O–H groups in total. The van der Waals surface area contributed by atoms with Gasteiger partial charge in [-0.25, -0.2) is 0 Å². The minimum Gasteiger partial charge on any atom is -0.0843 e. The third-order valence-electron chi connectivity index (χ3n) is 3.06. The molecule has 2 aromatic carbocycles. The van der Waals surface area contributed by atoms with Crippen molar-refractivity contribution in [2.75, 3.05) is 0 Å². The number of hydrogen-bond acceptors (Lipinski definition) is 0. The molecule has 0 nitrogen and oxygen atoms in total. The van der Waals surface area contributed by atoms with Crippen LogP contribution in [0.5, 0.6) is 0 Å². The quantitative estimate of drug-likeness (QED) is 0.660. The average molecular weight is 245 g/mol. The van der Waals surface area contributed by atoms with Gasteiger partial charge in [0.15, 0.2) is 0 Å². The Bertz CT molecular complexity index is 527. The minimum atomic E-state index is 0.550. The largest absolute Gasteiger partial charge is 0.0843 e. The number of hydrogen-bond donors (Lipinski definition) is 0. The summed E-state index contributed by atoms with van der Waals surface area (Å²) in [5.41, 5.74) is 5.09. The maximum absolute atomic E-state index is 6.07. The van der Waals surface area contributed by atoms with E-state index in [4.69, 9.17) is 11.6 Å². The van der Waals surface area contributed by atoms with Gasteiger partial charge in [0.25, 0.3) is 0 Å². The second-order valence-corrected chi connectivity index (χ2v) is 5.18. The van der Waals surface area contributed by atoms with Crippen molar-refractivity contribution in [3.8, 4) is 11.1 Å². The molecule has 2 aromatic rings. The van der Waals surface area contributed by atoms with Crippen LogP contribution >= 0.6 is 11.6 Å². The van der Waals surface area contributed by atoms with Gasteiger partial charge in [-0.1, -0.05) is 55.8 Å². The molecule has 0 unspecified atom stereocenters. The third kappa shape index (κ3) is 2.70. The summed E-state index contributed by atoms with van der Waals surface area (Å²) < 4.78 is 0. The van der Waals surface area contributed by atoms with Crippen molar-refractivity contribution in [1.82, 2.24) is 0 Å². The van der Waals surface area contributed by atoms with Crippen LogP contribution in [0.2, 0.25) is 5.02 Å². The van der Waals surface area contributed by atoms with Gasteiger partial charge in [-0.15, -0.1) is 0 Å². The lowest BCUT2D eigenvalue weighted by Crippen LogP contribution is -1.89. The van der Waals surface area contributed by atoms with Crippen LogP contribution in [-0.2, 0) is 0 Å². The molecule has 0 aliphatic heterocycles. The predicted octanol–water partition coefficient (Wildman–Crippen LogP) is 5.44. The molecule has 1 heteroatoms. The number of aryl methyl sites for hydroxylation is 1. The highest BCUT2D eigenvalue weighted by Gasteiger charge is 2.05. The van der Waals surface area contributed by atoms with Crippen molar-refractivity contribution < 1.29 is 0 Å². The molecule has 0 saturated heterocycles. The van der Waals surface area contributed by atoms with Gasteiger partial charge < -0.3 is 0 Å². The molecule has 0 spiro atoms. The highest BCUT2D eigenvalue weighted by atomic mass is 35.5. The molecular formula is C16H17Cl. The van der Waals surface area contributed by atoms with E-state index in [1.165, 1.54) is 22.3 Å². The van der Waals surface area contributed by atoms with E-state index >= 15 is 0 Å². The lowest BCUT2D eigenvalue weighted by Gasteiger charge is -2.10. The zero-order valence-corrected chi connectivity index (χ0v) is 11.3. The van der Waals surface area contributed by atoms with Crippen molar-refractivity contribution in [3.05, 3.63) is 58.6 Å². The van der Waals surface area contributed by atoms with Crippen LogP contribution < -0.4 is 0 Å². The van der Waals surface area contributed by atoms with E-state index < -0.39 is 0 Å². The van der Waals surface area contributed by atoms with Gasteiger partial charge in [0, 0.05) is 5.02 Å². The number of benzene rings is 2. The highest BCUT2D eigenvalue weighted by molar-refractivity contribution is 6.30. The molecule has 0 bridgehead atoms. The van der Waals surface area contributed by atoms with Crippen LogP contribution in [0.25, 0.3) is 11.1 Å². The number of rotatable bonds is 2. The summed E-state index contributed by atoms with van der Waals surface area (Å²) in [4.78, 5) is 0. The molecule has 0 saturated carbocycles. The summed E-state index contributed by atoms with van der Waals surface area (Å²) in [5, 5.41) is 0.792. The fourth-order valence-electron chi connectivity index (χ4n) is 1.97. The molecule has 0 amide bonds. The lowest BCUT2D eigenvalue weighted by molar-refractivity contribution is 0.867. The Morgan fingerprint density at radius 3 is 2.47 bits per heavy atom. The average Bonchev–Trinajstić information content (AvgIpc) is 2.32. The second-order valence-electron chi connectivity index (χ2n) is 4.74. The first-order valence-corrected chi connectivity index (χ1v) is 6.32. The topological polar surface area (TPSA) is 0 Å². The molecule has 88 valence electrons. The van der Waals surface area contributed by atoms with Crippen molar-refractivity contribution >= 4 is 11.6 Å². The van der Waals surface area contributed by atoms with Gasteiger partial charge in [0.1, 0.15) is 0 Å². The summed E-state index contributed by atoms with van der Waals surface area (Å²) >= 11 is 6.07. The molecule has 0 radical (unpaired) electrons. The monoisotopic (exact) mass is 244 g/mol. The van der Waals surface area contributed by atoms with Gasteiger partial charge in [-0.3, -0.25) is 0 Å². The van der Waals surface area contributed by atoms with Gasteiger partial charge >= 0.3 is 0 Å². The van der Waals surface area contributed by atoms with E-state index in [0.717, 1.165) is 5.02 Å². The smallest absolute Gasteiger partial charge is 0.0412 e. The first kappa shape index (κ1) is 12.2. The van der Waals surface area contributed by atoms with Crippen LogP contribution in [0, 0.1) is 6.92 Å². The molecule has 0 fully saturated rings. The van der Waals surface area contributed by atoms with Gasteiger partial charge in [-0.2, -0.15) is 0 Å². The molecule has 0 aromatic heterocycles. The Kier molecular flexibility index (Phi) is 3.54. The normalized spacial score (nSPS) is 10.9. The highest BCUT2D eigenvalue weighted by Crippen LogP contribution is 2.28. The standard InChI is InChI=1S/C16H17Cl/c1-11(2)13-5-4-6-14(9-13)16-10-15(17)8-7-12(16)3/h4-11H,1-3H3. The first-order valence-electron chi connectivity index (χ1n) is 5.94. The second kappa shape index (κ2) is 4.93. The van der Waals surface area contributed by atoms with Crippen LogP contribution in [-0.4, -0.2) is 0 Å². The van der Waals surface area contributed by atoms with Gasteiger partial charge in [0.2, 0.25) is 0 Å². The fraction of sp³-hybridized carbons (Fsp3) is 0.250. The Morgan fingerprint density at radius 1 is 1.00 bits per heavy atom. The van der Waals surface area contributed by atoms with E-state index in [9.17, 15) is 0 Å². The SMILES string of the molecule is Cc1ccc(Cl)cc1-c1cccc(C(C)C)c1. The molecule has 0 aliphatic carbocycles. The van der Waals surface area contributed by atoms with E-state index in [0.29, 0.717) is 5.92 Å². The predicted molar refractivity (Wildman–Crippen MR) is 75.7 cm³/mol. The molecule has 0 atom stereocenters. The maximum Gasteiger partial charge on any atom is 0.0412 e. The Hall–Kier alpha value is -1.27. The first-order chi connectivity index (χ1) is 8.08. The molecule has 0 heterocycles. The summed E-state index contributed by atoms with van der Waals surface area (Å²) in [6, 6.07) is 14.7. The van der Waals surface area contributed by atoms with Crippen LogP contribution in [0.1, 0.15) is 30.9 Å². The van der Waals surface area contributed by atoms with E-state index in [1.54, 1.807) is 0 Å². The summed E-state index contributed by atoms with van der Waals surface area (Å²) in [6.45, 7) is 6.54. The minimum absolute atomic E-state index is 0.550. The zero-order chi connectivity index (χ0) is 12.4. The van der Waals surface area contributed by atoms with Crippen LogP contribution in [0.3, 0.4) is 0 Å². The van der Waals surface area contributed by atoms with Crippen molar-refractivity contribution in [1.29, 1.82) is 0 Å². The summed E-state index contributed by atoms with van der Waals surface area (Å²) in [7, 11) is 0. The van der Waals surface area contributed by atoms with Crippen LogP contribution in [0.4, 0.5) is 0 Å². The number of halogens is 1. The van der Waals surface area contributed by atoms with Crippen molar-refractivity contribution in [2.24, 2.45) is 0 Å². The third-order valence-corrected chi connectivity index (χ3v) is 3.30. The van der Waals surface area contributed by atoms with E-state index in [-0.39, 0.29) is 0 Å². The van der Waals surface area contributed by atoms with E-state index in [1.807, 2.05) is 12.1 Å². The Balaban J connectivity index is 2.52. The molecular weight excluding hydrogens is 228 g/mol. The van der Waals surface area contributed by atoms with Crippen molar-refractivity contribution in [3.63, 3.8) is 0 Å². The van der Waals surface area contributed by atoms with E-state index in [2.05, 4.69) is 51.1 Å². The van der Waals surface area contributed by atoms with Crippen molar-refractivity contribution in [2.45, 2.75) is 26.7 Å².